The summed E-state index contributed by atoms with van der Waals surface area (Å²) in [5.74, 6) is -0.873. The van der Waals surface area contributed by atoms with Gasteiger partial charge in [0.15, 0.2) is 0 Å². The Morgan fingerprint density at radius 2 is 2.11 bits per heavy atom. The molecule has 2 spiro atoms. The maximum Gasteiger partial charge on any atom is 0.284 e. The summed E-state index contributed by atoms with van der Waals surface area (Å²) in [4.78, 5) is 14.3. The number of benzene rings is 1. The molecule has 4 nitrogen and oxygen atoms in total. The molecule has 2 saturated heterocycles. The first-order valence-corrected chi connectivity index (χ1v) is 7.05. The number of rotatable bonds is 0. The molecule has 2 atom stereocenters. The third-order valence-corrected chi connectivity index (χ3v) is 5.14. The highest BCUT2D eigenvalue weighted by Crippen LogP contribution is 2.59. The van der Waals surface area contributed by atoms with E-state index >= 15 is 0 Å². The third kappa shape index (κ3) is 0.998. The largest absolute Gasteiger partial charge is 0.322 e. The Hall–Kier alpha value is -1.39. The van der Waals surface area contributed by atoms with Crippen molar-refractivity contribution in [3.05, 3.63) is 35.4 Å². The molecule has 0 N–H and O–H groups in total. The van der Waals surface area contributed by atoms with Gasteiger partial charge < -0.3 is 9.47 Å². The Bertz CT molecular complexity index is 595. The molecule has 98 valence electrons. The lowest BCUT2D eigenvalue weighted by atomic mass is 9.75. The summed E-state index contributed by atoms with van der Waals surface area (Å²) in [5.41, 5.74) is 1.50. The summed E-state index contributed by atoms with van der Waals surface area (Å²) < 4.78 is 12.6. The number of amides is 1. The molecule has 3 heterocycles. The van der Waals surface area contributed by atoms with Crippen LogP contribution in [-0.4, -0.2) is 29.1 Å². The number of carbonyl (C=O) groups is 1. The van der Waals surface area contributed by atoms with Gasteiger partial charge in [-0.05, 0) is 31.7 Å². The number of carbonyl (C=O) groups excluding carboxylic acids is 1. The second kappa shape index (κ2) is 3.02. The summed E-state index contributed by atoms with van der Waals surface area (Å²) in [7, 11) is 0. The molecular weight excluding hydrogens is 242 g/mol. The predicted octanol–water partition coefficient (Wildman–Crippen LogP) is 1.99. The first-order chi connectivity index (χ1) is 9.25. The van der Waals surface area contributed by atoms with Crippen molar-refractivity contribution in [2.45, 2.75) is 43.3 Å². The normalized spacial score (nSPS) is 37.2. The summed E-state index contributed by atoms with van der Waals surface area (Å²) >= 11 is 0. The molecule has 3 aliphatic heterocycles. The van der Waals surface area contributed by atoms with E-state index in [1.54, 1.807) is 4.90 Å². The average Bonchev–Trinajstić information content (AvgIpc) is 2.82. The van der Waals surface area contributed by atoms with Crippen molar-refractivity contribution in [3.8, 4) is 0 Å². The highest BCUT2D eigenvalue weighted by atomic mass is 16.8. The third-order valence-electron chi connectivity index (χ3n) is 5.14. The van der Waals surface area contributed by atoms with Crippen molar-refractivity contribution in [3.63, 3.8) is 0 Å². The summed E-state index contributed by atoms with van der Waals surface area (Å²) in [6.45, 7) is 0.736. The minimum Gasteiger partial charge on any atom is -0.322 e. The van der Waals surface area contributed by atoms with Crippen LogP contribution in [0.3, 0.4) is 0 Å². The maximum absolute atomic E-state index is 12.5. The fourth-order valence-electron chi connectivity index (χ4n) is 4.04. The minimum absolute atomic E-state index is 0.0467. The van der Waals surface area contributed by atoms with Crippen LogP contribution in [0.2, 0.25) is 0 Å². The van der Waals surface area contributed by atoms with Crippen molar-refractivity contribution in [2.24, 2.45) is 0 Å². The molecule has 0 aromatic heterocycles. The van der Waals surface area contributed by atoms with Crippen LogP contribution in [0.25, 0.3) is 0 Å². The van der Waals surface area contributed by atoms with E-state index in [0.717, 1.165) is 36.9 Å². The van der Waals surface area contributed by atoms with Gasteiger partial charge in [0, 0.05) is 12.1 Å². The summed E-state index contributed by atoms with van der Waals surface area (Å²) in [5, 5.41) is 0. The van der Waals surface area contributed by atoms with Crippen LogP contribution in [0, 0.1) is 0 Å². The Balaban J connectivity index is 1.72. The van der Waals surface area contributed by atoms with E-state index in [4.69, 9.17) is 9.47 Å². The molecule has 3 fully saturated rings. The lowest BCUT2D eigenvalue weighted by Gasteiger charge is -2.39. The summed E-state index contributed by atoms with van der Waals surface area (Å²) in [6.07, 6.45) is 4.36. The van der Waals surface area contributed by atoms with Crippen LogP contribution in [0.5, 0.6) is 0 Å². The minimum atomic E-state index is -0.920. The molecule has 1 saturated carbocycles. The van der Waals surface area contributed by atoms with E-state index in [1.807, 2.05) is 24.3 Å². The topological polar surface area (TPSA) is 38.8 Å². The van der Waals surface area contributed by atoms with E-state index < -0.39 is 5.91 Å². The van der Waals surface area contributed by atoms with Gasteiger partial charge in [-0.15, -0.1) is 0 Å². The zero-order valence-corrected chi connectivity index (χ0v) is 10.6. The van der Waals surface area contributed by atoms with Gasteiger partial charge >= 0.3 is 0 Å². The van der Waals surface area contributed by atoms with Crippen LogP contribution < -0.4 is 0 Å². The van der Waals surface area contributed by atoms with Crippen LogP contribution in [-0.2, 0) is 15.4 Å². The molecular formula is C15H15NO3. The van der Waals surface area contributed by atoms with E-state index in [9.17, 15) is 4.79 Å². The quantitative estimate of drug-likeness (QED) is 0.713. The Labute approximate surface area is 111 Å². The smallest absolute Gasteiger partial charge is 0.284 e. The van der Waals surface area contributed by atoms with E-state index in [2.05, 4.69) is 0 Å². The van der Waals surface area contributed by atoms with Gasteiger partial charge in [0.05, 0.1) is 11.7 Å². The van der Waals surface area contributed by atoms with E-state index in [1.165, 1.54) is 6.42 Å². The number of nitrogens with zero attached hydrogens (tertiary/aromatic N) is 1. The van der Waals surface area contributed by atoms with Crippen LogP contribution >= 0.6 is 0 Å². The highest BCUT2D eigenvalue weighted by molar-refractivity contribution is 5.99. The van der Waals surface area contributed by atoms with Gasteiger partial charge in [-0.25, -0.2) is 0 Å². The van der Waals surface area contributed by atoms with Crippen molar-refractivity contribution in [2.75, 3.05) is 6.54 Å². The van der Waals surface area contributed by atoms with Gasteiger partial charge in [0.1, 0.15) is 5.60 Å². The van der Waals surface area contributed by atoms with E-state index in [-0.39, 0.29) is 17.6 Å². The number of fused-ring (bicyclic) bond motifs is 3. The molecule has 1 aromatic rings. The fourth-order valence-corrected chi connectivity index (χ4v) is 4.04. The number of hydrogen-bond acceptors (Lipinski definition) is 3. The van der Waals surface area contributed by atoms with Crippen molar-refractivity contribution < 1.29 is 14.3 Å². The van der Waals surface area contributed by atoms with Gasteiger partial charge in [-0.1, -0.05) is 18.2 Å². The zero-order valence-electron chi connectivity index (χ0n) is 10.6. The first-order valence-electron chi connectivity index (χ1n) is 7.05. The molecule has 1 aromatic carbocycles. The number of ether oxygens (including phenoxy) is 2. The lowest BCUT2D eigenvalue weighted by molar-refractivity contribution is -0.284. The second-order valence-corrected chi connectivity index (χ2v) is 6.00. The van der Waals surface area contributed by atoms with Crippen molar-refractivity contribution in [1.82, 2.24) is 4.90 Å². The Morgan fingerprint density at radius 1 is 1.26 bits per heavy atom. The van der Waals surface area contributed by atoms with Crippen LogP contribution in [0.4, 0.5) is 0 Å². The van der Waals surface area contributed by atoms with Gasteiger partial charge in [-0.2, -0.15) is 0 Å². The van der Waals surface area contributed by atoms with Gasteiger partial charge in [-0.3, -0.25) is 9.69 Å². The molecule has 1 aliphatic carbocycles. The van der Waals surface area contributed by atoms with E-state index in [0.29, 0.717) is 0 Å². The molecule has 2 unspecified atom stereocenters. The lowest BCUT2D eigenvalue weighted by Crippen LogP contribution is -2.49. The molecule has 4 aliphatic rings. The second-order valence-electron chi connectivity index (χ2n) is 6.00. The van der Waals surface area contributed by atoms with Crippen LogP contribution in [0.15, 0.2) is 24.3 Å². The Kier molecular flexibility index (Phi) is 1.65. The van der Waals surface area contributed by atoms with Crippen molar-refractivity contribution in [1.29, 1.82) is 0 Å². The highest BCUT2D eigenvalue weighted by Gasteiger charge is 2.68. The predicted molar refractivity (Wildman–Crippen MR) is 66.3 cm³/mol. The molecule has 19 heavy (non-hydrogen) atoms. The maximum atomic E-state index is 12.5. The monoisotopic (exact) mass is 257 g/mol. The van der Waals surface area contributed by atoms with Gasteiger partial charge in [0.2, 0.25) is 0 Å². The molecule has 1 amide bonds. The van der Waals surface area contributed by atoms with Crippen LogP contribution in [0.1, 0.15) is 41.6 Å². The molecule has 5 rings (SSSR count). The fraction of sp³-hybridized carbons (Fsp3) is 0.533. The van der Waals surface area contributed by atoms with Crippen molar-refractivity contribution >= 4 is 5.91 Å². The average molecular weight is 257 g/mol. The first kappa shape index (κ1) is 10.4. The standard InChI is InChI=1S/C15H15NO3/c17-13-10-4-1-2-5-11(10)15-16(13)9-6-12(18-15)14(19-15)7-3-8-14/h1-2,4-5,12H,3,6-9H2. The SMILES string of the molecule is O=C1c2ccccc2C23OC(CCN12)C1(CCC1)O3. The zero-order chi connectivity index (χ0) is 12.7. The molecule has 0 radical (unpaired) electrons. The summed E-state index contributed by atoms with van der Waals surface area (Å²) in [6, 6.07) is 7.69. The molecule has 2 bridgehead atoms. The van der Waals surface area contributed by atoms with Gasteiger partial charge in [0.25, 0.3) is 11.8 Å². The Morgan fingerprint density at radius 3 is 2.89 bits per heavy atom. The number of hydrogen-bond donors (Lipinski definition) is 0. The molecule has 4 heteroatoms.